The van der Waals surface area contributed by atoms with Crippen LogP contribution in [-0.4, -0.2) is 90.3 Å². The first-order chi connectivity index (χ1) is 20.9. The highest BCUT2D eigenvalue weighted by Crippen LogP contribution is 2.41. The molecule has 238 valence electrons. The van der Waals surface area contributed by atoms with E-state index in [2.05, 4.69) is 29.9 Å². The minimum absolute atomic E-state index is 0.0323. The maximum absolute atomic E-state index is 14.9. The fraction of sp³-hybridized carbons (Fsp3) is 0.516. The molecule has 0 bridgehead atoms. The number of carbonyl (C=O) groups is 2. The summed E-state index contributed by atoms with van der Waals surface area (Å²) in [6.07, 6.45) is 1.52. The van der Waals surface area contributed by atoms with E-state index in [1.165, 1.54) is 13.2 Å². The summed E-state index contributed by atoms with van der Waals surface area (Å²) in [6.45, 7) is 9.64. The third-order valence-electron chi connectivity index (χ3n) is 8.23. The van der Waals surface area contributed by atoms with Gasteiger partial charge >= 0.3 is 6.09 Å². The maximum atomic E-state index is 14.9. The van der Waals surface area contributed by atoms with Gasteiger partial charge in [0.1, 0.15) is 18.0 Å². The highest BCUT2D eigenvalue weighted by atomic mass is 28.3. The van der Waals surface area contributed by atoms with Crippen LogP contribution < -0.4 is 14.8 Å². The van der Waals surface area contributed by atoms with Crippen molar-refractivity contribution in [3.05, 3.63) is 41.5 Å². The highest BCUT2D eigenvalue weighted by molar-refractivity contribution is 6.76. The van der Waals surface area contributed by atoms with Crippen molar-refractivity contribution >= 4 is 31.1 Å². The number of hydrogen-bond donors (Lipinski definition) is 3. The highest BCUT2D eigenvalue weighted by Gasteiger charge is 2.36. The van der Waals surface area contributed by atoms with Crippen LogP contribution in [0.4, 0.5) is 9.18 Å². The zero-order valence-corrected chi connectivity index (χ0v) is 26.9. The molecule has 2 aliphatic rings. The molecule has 3 N–H and O–H groups in total. The van der Waals surface area contributed by atoms with E-state index in [-0.39, 0.29) is 31.1 Å². The minimum atomic E-state index is -1.36. The number of carboxylic acid groups (broad SMARTS) is 1. The van der Waals surface area contributed by atoms with Gasteiger partial charge in [0.05, 0.1) is 43.5 Å². The number of pyridine rings is 1. The van der Waals surface area contributed by atoms with Crippen LogP contribution in [0.5, 0.6) is 11.5 Å². The third-order valence-corrected chi connectivity index (χ3v) is 9.94. The molecule has 1 saturated carbocycles. The van der Waals surface area contributed by atoms with Gasteiger partial charge in [-0.15, -0.1) is 0 Å². The molecule has 2 atom stereocenters. The Hall–Kier alpha value is -3.68. The molecule has 5 rings (SSSR count). The Labute approximate surface area is 256 Å². The predicted molar refractivity (Wildman–Crippen MR) is 166 cm³/mol. The summed E-state index contributed by atoms with van der Waals surface area (Å²) in [5, 5.41) is 22.7. The molecule has 11 nitrogen and oxygen atoms in total. The summed E-state index contributed by atoms with van der Waals surface area (Å²) >= 11 is 0. The lowest BCUT2D eigenvalue weighted by Gasteiger charge is -2.18. The Morgan fingerprint density at radius 2 is 1.91 bits per heavy atom. The van der Waals surface area contributed by atoms with Gasteiger partial charge in [0, 0.05) is 50.3 Å². The van der Waals surface area contributed by atoms with Crippen LogP contribution in [0.3, 0.4) is 0 Å². The van der Waals surface area contributed by atoms with Gasteiger partial charge in [-0.25, -0.2) is 9.18 Å². The summed E-state index contributed by atoms with van der Waals surface area (Å²) in [4.78, 5) is 30.9. The number of ether oxygens (including phenoxy) is 3. The second kappa shape index (κ2) is 12.7. The van der Waals surface area contributed by atoms with Crippen molar-refractivity contribution < 1.29 is 38.4 Å². The van der Waals surface area contributed by atoms with Gasteiger partial charge in [-0.1, -0.05) is 19.6 Å². The molecule has 2 aromatic heterocycles. The largest absolute Gasteiger partial charge is 0.494 e. The lowest BCUT2D eigenvalue weighted by Crippen LogP contribution is -2.43. The molecule has 1 aromatic carbocycles. The van der Waals surface area contributed by atoms with Crippen molar-refractivity contribution in [1.82, 2.24) is 19.8 Å². The second-order valence-electron chi connectivity index (χ2n) is 12.9. The molecule has 44 heavy (non-hydrogen) atoms. The molecular weight excluding hydrogens is 587 g/mol. The Kier molecular flexibility index (Phi) is 9.19. The van der Waals surface area contributed by atoms with Gasteiger partial charge in [-0.05, 0) is 43.9 Å². The second-order valence-corrected chi connectivity index (χ2v) is 18.5. The van der Waals surface area contributed by atoms with Crippen LogP contribution in [0.1, 0.15) is 28.9 Å². The fourth-order valence-corrected chi connectivity index (χ4v) is 6.16. The van der Waals surface area contributed by atoms with Crippen molar-refractivity contribution in [2.24, 2.45) is 5.92 Å². The zero-order chi connectivity index (χ0) is 31.8. The van der Waals surface area contributed by atoms with Crippen LogP contribution in [0.25, 0.3) is 22.2 Å². The Morgan fingerprint density at radius 3 is 2.55 bits per heavy atom. The molecule has 2 fully saturated rings. The van der Waals surface area contributed by atoms with Crippen LogP contribution >= 0.6 is 0 Å². The molecule has 0 unspecified atom stereocenters. The van der Waals surface area contributed by atoms with E-state index in [9.17, 15) is 24.2 Å². The molecule has 3 aromatic rings. The topological polar surface area (TPSA) is 135 Å². The van der Waals surface area contributed by atoms with E-state index in [0.717, 1.165) is 23.8 Å². The first-order valence-electron chi connectivity index (χ1n) is 14.9. The quantitative estimate of drug-likeness (QED) is 0.194. The van der Waals surface area contributed by atoms with Crippen molar-refractivity contribution in [2.75, 3.05) is 33.4 Å². The predicted octanol–water partition coefficient (Wildman–Crippen LogP) is 4.71. The first kappa shape index (κ1) is 31.7. The van der Waals surface area contributed by atoms with E-state index in [1.807, 2.05) is 4.57 Å². The van der Waals surface area contributed by atoms with Crippen LogP contribution in [0.2, 0.25) is 25.7 Å². The van der Waals surface area contributed by atoms with Crippen LogP contribution in [-0.2, 0) is 11.5 Å². The van der Waals surface area contributed by atoms with Gasteiger partial charge in [0.25, 0.3) is 5.91 Å². The number of halogens is 1. The van der Waals surface area contributed by atoms with Gasteiger partial charge in [0.15, 0.2) is 11.6 Å². The smallest absolute Gasteiger partial charge is 0.407 e. The standard InChI is InChI=1S/C31H41FN4O7Si/c1-18-27(30(38)34-23-14-35(31(39)40)15-24(23)37)28-29(36(18)17-42-10-11-44(3,4)5)20(8-9-33-28)21-12-26(41-2)22(32)13-25(21)43-16-19-6-7-19/h8-9,12-13,19,23-24,37H,6-7,10-11,14-17H2,1-5H3,(H,34,38)(H,39,40)/t23-,24-/m1/s1. The van der Waals surface area contributed by atoms with E-state index < -0.39 is 38.0 Å². The number of carbonyl (C=O) groups excluding carboxylic acids is 1. The Bertz CT molecular complexity index is 1550. The summed E-state index contributed by atoms with van der Waals surface area (Å²) in [5.74, 6) is -0.173. The lowest BCUT2D eigenvalue weighted by molar-refractivity contribution is 0.0865. The molecule has 2 amide bonds. The third kappa shape index (κ3) is 6.84. The van der Waals surface area contributed by atoms with Gasteiger partial charge in [-0.2, -0.15) is 0 Å². The number of nitrogens with one attached hydrogen (secondary N) is 1. The molecule has 3 heterocycles. The summed E-state index contributed by atoms with van der Waals surface area (Å²) < 4.78 is 34.4. The van der Waals surface area contributed by atoms with E-state index in [0.29, 0.717) is 52.7 Å². The molecule has 1 saturated heterocycles. The molecule has 13 heteroatoms. The SMILES string of the molecule is COc1cc(-c2ccnc3c(C(=O)N[C@@H]4CN(C(=O)O)C[C@H]4O)c(C)n(COCC[Si](C)(C)C)c23)c(OCC2CC2)cc1F. The number of hydrogen-bond acceptors (Lipinski definition) is 7. The average Bonchev–Trinajstić information content (AvgIpc) is 3.65. The number of methoxy groups -OCH3 is 1. The Morgan fingerprint density at radius 1 is 1.16 bits per heavy atom. The maximum Gasteiger partial charge on any atom is 0.407 e. The van der Waals surface area contributed by atoms with Gasteiger partial charge in [-0.3, -0.25) is 9.78 Å². The average molecular weight is 629 g/mol. The zero-order valence-electron chi connectivity index (χ0n) is 25.9. The number of rotatable bonds is 12. The number of amides is 2. The van der Waals surface area contributed by atoms with E-state index in [1.54, 1.807) is 25.3 Å². The number of benzene rings is 1. The van der Waals surface area contributed by atoms with Crippen molar-refractivity contribution in [3.63, 3.8) is 0 Å². The van der Waals surface area contributed by atoms with Crippen LogP contribution in [0, 0.1) is 18.7 Å². The summed E-state index contributed by atoms with van der Waals surface area (Å²) in [7, 11) is 0.0392. The number of β-amino-alcohol motifs (C(OH)–C–C–N with tert-alkyl or cyclic N) is 1. The number of aliphatic hydroxyl groups is 1. The molecule has 1 aliphatic carbocycles. The molecule has 0 spiro atoms. The number of aromatic nitrogens is 2. The van der Waals surface area contributed by atoms with Crippen molar-refractivity contribution in [1.29, 1.82) is 0 Å². The Balaban J connectivity index is 1.59. The monoisotopic (exact) mass is 628 g/mol. The number of aliphatic hydroxyl groups excluding tert-OH is 1. The lowest BCUT2D eigenvalue weighted by atomic mass is 10.0. The summed E-state index contributed by atoms with van der Waals surface area (Å²) in [5.41, 5.74) is 3.12. The first-order valence-corrected chi connectivity index (χ1v) is 18.6. The minimum Gasteiger partial charge on any atom is -0.494 e. The number of nitrogens with zero attached hydrogens (tertiary/aromatic N) is 3. The molecular formula is C31H41FN4O7Si. The van der Waals surface area contributed by atoms with E-state index >= 15 is 0 Å². The van der Waals surface area contributed by atoms with Gasteiger partial charge < -0.3 is 39.2 Å². The normalized spacial score (nSPS) is 18.6. The fourth-order valence-electron chi connectivity index (χ4n) is 5.41. The van der Waals surface area contributed by atoms with Crippen LogP contribution in [0.15, 0.2) is 24.4 Å². The molecule has 0 radical (unpaired) electrons. The number of fused-ring (bicyclic) bond motifs is 1. The van der Waals surface area contributed by atoms with Gasteiger partial charge in [0.2, 0.25) is 0 Å². The van der Waals surface area contributed by atoms with Crippen molar-refractivity contribution in [2.45, 2.75) is 64.3 Å². The number of likely N-dealkylation sites (tertiary alicyclic amines) is 1. The molecule has 1 aliphatic heterocycles. The van der Waals surface area contributed by atoms with E-state index in [4.69, 9.17) is 14.2 Å². The van der Waals surface area contributed by atoms with Crippen molar-refractivity contribution in [3.8, 4) is 22.6 Å². The summed E-state index contributed by atoms with van der Waals surface area (Å²) in [6, 6.07) is 4.90.